The molecule has 37 heavy (non-hydrogen) atoms. The van der Waals surface area contributed by atoms with Crippen molar-refractivity contribution in [2.24, 2.45) is 5.73 Å². The van der Waals surface area contributed by atoms with E-state index >= 15 is 0 Å². The first-order valence-corrected chi connectivity index (χ1v) is 22.7. The molecule has 0 bridgehead atoms. The second kappa shape index (κ2) is 17.6. The van der Waals surface area contributed by atoms with Crippen LogP contribution in [0.2, 0.25) is 13.3 Å². The zero-order valence-corrected chi connectivity index (χ0v) is 26.9. The number of carbonyl (C=O) groups is 1. The molecule has 1 amide bonds. The fourth-order valence-electron chi connectivity index (χ4n) is 4.48. The number of ether oxygens (including phenoxy) is 1. The van der Waals surface area contributed by atoms with Crippen molar-refractivity contribution in [2.45, 2.75) is 82.4 Å². The van der Waals surface area contributed by atoms with E-state index in [4.69, 9.17) is 10.5 Å². The van der Waals surface area contributed by atoms with Gasteiger partial charge in [0.1, 0.15) is 0 Å². The SMILES string of the molecule is CCC[CH2][Sn]([CH2]CCC)([CH2]CCC)[c]1ccc(SNCCSc2cc(F)c(OCC(N)=O)c(F)c2)cc1. The second-order valence-corrected chi connectivity index (χ2v) is 24.8. The summed E-state index contributed by atoms with van der Waals surface area (Å²) in [5, 5.41) is 0. The van der Waals surface area contributed by atoms with Gasteiger partial charge in [-0.05, 0) is 0 Å². The Bertz CT molecular complexity index is 919. The second-order valence-electron chi connectivity index (χ2n) is 9.43. The van der Waals surface area contributed by atoms with E-state index in [2.05, 4.69) is 49.8 Å². The van der Waals surface area contributed by atoms with Crippen LogP contribution >= 0.6 is 23.7 Å². The third-order valence-electron chi connectivity index (χ3n) is 6.49. The van der Waals surface area contributed by atoms with Gasteiger partial charge in [-0.3, -0.25) is 4.79 Å². The molecule has 0 radical (unpaired) electrons. The molecule has 0 aliphatic carbocycles. The molecule has 3 N–H and O–H groups in total. The van der Waals surface area contributed by atoms with Crippen LogP contribution in [-0.4, -0.2) is 43.2 Å². The van der Waals surface area contributed by atoms with E-state index in [0.29, 0.717) is 17.2 Å². The molecule has 9 heteroatoms. The van der Waals surface area contributed by atoms with Crippen LogP contribution in [0.25, 0.3) is 0 Å². The molecule has 2 aromatic rings. The molecule has 2 rings (SSSR count). The molecule has 0 atom stereocenters. The van der Waals surface area contributed by atoms with Crippen LogP contribution in [-0.2, 0) is 4.79 Å². The van der Waals surface area contributed by atoms with Crippen LogP contribution in [0.15, 0.2) is 46.2 Å². The molecule has 206 valence electrons. The van der Waals surface area contributed by atoms with Crippen molar-refractivity contribution in [2.75, 3.05) is 18.9 Å². The molecule has 4 nitrogen and oxygen atoms in total. The van der Waals surface area contributed by atoms with Crippen LogP contribution in [0.5, 0.6) is 5.75 Å². The van der Waals surface area contributed by atoms with Gasteiger partial charge in [0.15, 0.2) is 12.4 Å². The van der Waals surface area contributed by atoms with Gasteiger partial charge in [-0.1, -0.05) is 0 Å². The molecule has 0 heterocycles. The summed E-state index contributed by atoms with van der Waals surface area (Å²) in [6.45, 7) is 7.03. The first-order chi connectivity index (χ1) is 17.8. The number of halogens is 2. The van der Waals surface area contributed by atoms with Crippen LogP contribution < -0.4 is 18.8 Å². The van der Waals surface area contributed by atoms with Gasteiger partial charge in [-0.15, -0.1) is 0 Å². The number of hydrogen-bond acceptors (Lipinski definition) is 5. The van der Waals surface area contributed by atoms with Gasteiger partial charge >= 0.3 is 193 Å². The van der Waals surface area contributed by atoms with Crippen LogP contribution in [0.1, 0.15) is 59.3 Å². The number of primary amides is 1. The van der Waals surface area contributed by atoms with Crippen molar-refractivity contribution in [3.05, 3.63) is 48.0 Å². The maximum atomic E-state index is 14.1. The molecule has 0 fully saturated rings. The van der Waals surface area contributed by atoms with E-state index in [1.165, 1.54) is 80.6 Å². The number of hydrogen-bond donors (Lipinski definition) is 2. The van der Waals surface area contributed by atoms with Gasteiger partial charge in [0.05, 0.1) is 0 Å². The standard InChI is InChI=1S/C16H15F2N2O2S2.3C4H9.Sn/c17-13-8-12(9-14(18)16(13)22-10-15(19)21)23-7-6-20-24-11-4-2-1-3-5-11;3*1-3-4-2;/h2-5,8-9,20H,6-7,10H2,(H2,19,21);3*1,3-4H2,2H3;. The predicted molar refractivity (Wildman–Crippen MR) is 157 cm³/mol. The number of amides is 1. The van der Waals surface area contributed by atoms with E-state index in [1.54, 1.807) is 15.5 Å². The third-order valence-corrected chi connectivity index (χ3v) is 24.0. The normalized spacial score (nSPS) is 11.6. The van der Waals surface area contributed by atoms with Crippen molar-refractivity contribution in [1.29, 1.82) is 0 Å². The summed E-state index contributed by atoms with van der Waals surface area (Å²) in [5.41, 5.74) is 4.97. The van der Waals surface area contributed by atoms with Crippen LogP contribution in [0, 0.1) is 11.6 Å². The molecular formula is C28H42F2N2O2S2Sn. The van der Waals surface area contributed by atoms with Crippen molar-refractivity contribution in [1.82, 2.24) is 4.72 Å². The van der Waals surface area contributed by atoms with Gasteiger partial charge in [-0.25, -0.2) is 8.78 Å². The van der Waals surface area contributed by atoms with Crippen molar-refractivity contribution < 1.29 is 18.3 Å². The number of thioether (sulfide) groups is 1. The molecule has 0 unspecified atom stereocenters. The Morgan fingerprint density at radius 1 is 0.919 bits per heavy atom. The van der Waals surface area contributed by atoms with Gasteiger partial charge in [-0.2, -0.15) is 0 Å². The number of unbranched alkanes of at least 4 members (excludes halogenated alkanes) is 3. The molecule has 0 saturated heterocycles. The first kappa shape index (κ1) is 32.2. The van der Waals surface area contributed by atoms with Crippen LogP contribution in [0.3, 0.4) is 0 Å². The van der Waals surface area contributed by atoms with E-state index in [1.807, 2.05) is 0 Å². The first-order valence-electron chi connectivity index (χ1n) is 13.4. The zero-order valence-electron chi connectivity index (χ0n) is 22.4. The van der Waals surface area contributed by atoms with E-state index in [0.717, 1.165) is 0 Å². The number of rotatable bonds is 19. The van der Waals surface area contributed by atoms with E-state index < -0.39 is 48.3 Å². The topological polar surface area (TPSA) is 64.3 Å². The Hall–Kier alpha value is -0.971. The van der Waals surface area contributed by atoms with Crippen LogP contribution in [0.4, 0.5) is 8.78 Å². The molecule has 0 saturated carbocycles. The van der Waals surface area contributed by atoms with E-state index in [9.17, 15) is 13.6 Å². The molecule has 0 aromatic heterocycles. The number of benzene rings is 2. The fraction of sp³-hybridized carbons (Fsp3) is 0.536. The molecule has 0 aliphatic rings. The molecule has 2 aromatic carbocycles. The van der Waals surface area contributed by atoms with Gasteiger partial charge in [0.25, 0.3) is 5.91 Å². The minimum absolute atomic E-state index is 0.465. The monoisotopic (exact) mass is 660 g/mol. The Morgan fingerprint density at radius 2 is 1.46 bits per heavy atom. The summed E-state index contributed by atoms with van der Waals surface area (Å²) in [7, 11) is 0. The number of carbonyl (C=O) groups excluding carboxylic acids is 1. The molecule has 0 aliphatic heterocycles. The molecule has 0 spiro atoms. The summed E-state index contributed by atoms with van der Waals surface area (Å²) in [4.78, 5) is 12.4. The van der Waals surface area contributed by atoms with Gasteiger partial charge in [0.2, 0.25) is 0 Å². The maximum absolute atomic E-state index is 14.1. The predicted octanol–water partition coefficient (Wildman–Crippen LogP) is 7.27. The quantitative estimate of drug-likeness (QED) is 0.0719. The summed E-state index contributed by atoms with van der Waals surface area (Å²) in [6, 6.07) is 11.7. The van der Waals surface area contributed by atoms with Crippen molar-refractivity contribution in [3.8, 4) is 5.75 Å². The zero-order chi connectivity index (χ0) is 27.1. The average Bonchev–Trinajstić information content (AvgIpc) is 2.88. The number of nitrogens with one attached hydrogen (secondary N) is 1. The van der Waals surface area contributed by atoms with Gasteiger partial charge < -0.3 is 10.5 Å². The fourth-order valence-corrected chi connectivity index (χ4v) is 22.0. The summed E-state index contributed by atoms with van der Waals surface area (Å²) >= 11 is 0.551. The Labute approximate surface area is 234 Å². The van der Waals surface area contributed by atoms with Crippen molar-refractivity contribution in [3.63, 3.8) is 0 Å². The van der Waals surface area contributed by atoms with Crippen molar-refractivity contribution >= 4 is 51.6 Å². The van der Waals surface area contributed by atoms with E-state index in [-0.39, 0.29) is 0 Å². The summed E-state index contributed by atoms with van der Waals surface area (Å²) in [5.74, 6) is -2.40. The average molecular weight is 659 g/mol. The Balaban J connectivity index is 1.90. The Kier molecular flexibility index (Phi) is 15.3. The summed E-state index contributed by atoms with van der Waals surface area (Å²) < 4.78 is 42.5. The molecular weight excluding hydrogens is 617 g/mol. The minimum atomic E-state index is -2.39. The summed E-state index contributed by atoms with van der Waals surface area (Å²) in [6.07, 6.45) is 7.90. The number of nitrogens with two attached hydrogens (primary N) is 1. The third kappa shape index (κ3) is 11.0. The Morgan fingerprint density at radius 3 is 1.95 bits per heavy atom. The van der Waals surface area contributed by atoms with Gasteiger partial charge in [0, 0.05) is 0 Å².